The lowest BCUT2D eigenvalue weighted by Gasteiger charge is -2.12. The lowest BCUT2D eigenvalue weighted by molar-refractivity contribution is 0.102. The molecular formula is C15H17N3O2. The molecule has 0 fully saturated rings. The number of nitrogens with zero attached hydrogens (tertiary/aromatic N) is 1. The number of nitrogens with one attached hydrogen (secondary N) is 1. The Balaban J connectivity index is 2.30. The van der Waals surface area contributed by atoms with E-state index in [-0.39, 0.29) is 11.8 Å². The van der Waals surface area contributed by atoms with Gasteiger partial charge in [-0.25, -0.2) is 4.98 Å². The van der Waals surface area contributed by atoms with Crippen LogP contribution in [-0.4, -0.2) is 18.0 Å². The lowest BCUT2D eigenvalue weighted by atomic mass is 10.1. The Morgan fingerprint density at radius 2 is 2.00 bits per heavy atom. The second-order valence-corrected chi connectivity index (χ2v) is 4.54. The fourth-order valence-electron chi connectivity index (χ4n) is 1.86. The number of hydrogen-bond acceptors (Lipinski definition) is 4. The van der Waals surface area contributed by atoms with Crippen molar-refractivity contribution in [3.8, 4) is 5.88 Å². The molecule has 20 heavy (non-hydrogen) atoms. The Kier molecular flexibility index (Phi) is 3.89. The van der Waals surface area contributed by atoms with Gasteiger partial charge in [-0.15, -0.1) is 0 Å². The van der Waals surface area contributed by atoms with E-state index in [9.17, 15) is 4.79 Å². The third-order valence-electron chi connectivity index (χ3n) is 3.12. The van der Waals surface area contributed by atoms with Crippen molar-refractivity contribution in [1.29, 1.82) is 0 Å². The molecule has 3 N–H and O–H groups in total. The summed E-state index contributed by atoms with van der Waals surface area (Å²) >= 11 is 0. The minimum atomic E-state index is -0.301. The highest BCUT2D eigenvalue weighted by atomic mass is 16.5. The third-order valence-corrected chi connectivity index (χ3v) is 3.12. The van der Waals surface area contributed by atoms with Gasteiger partial charge in [0.2, 0.25) is 5.88 Å². The summed E-state index contributed by atoms with van der Waals surface area (Å²) in [5.41, 5.74) is 9.56. The molecule has 5 heteroatoms. The molecule has 0 aliphatic rings. The summed E-state index contributed by atoms with van der Waals surface area (Å²) in [4.78, 5) is 16.3. The summed E-state index contributed by atoms with van der Waals surface area (Å²) in [7, 11) is 1.48. The van der Waals surface area contributed by atoms with Gasteiger partial charge in [-0.05, 0) is 49.2 Å². The summed E-state index contributed by atoms with van der Waals surface area (Å²) in [6.45, 7) is 3.94. The molecule has 2 rings (SSSR count). The maximum Gasteiger partial charge on any atom is 0.261 e. The molecule has 0 bridgehead atoms. The average Bonchev–Trinajstić information content (AvgIpc) is 2.44. The van der Waals surface area contributed by atoms with Gasteiger partial charge in [0, 0.05) is 6.20 Å². The Morgan fingerprint density at radius 3 is 2.70 bits per heavy atom. The predicted molar refractivity (Wildman–Crippen MR) is 79.1 cm³/mol. The number of pyridine rings is 1. The molecule has 0 saturated heterocycles. The molecule has 0 radical (unpaired) electrons. The van der Waals surface area contributed by atoms with Gasteiger partial charge in [-0.1, -0.05) is 0 Å². The molecule has 0 atom stereocenters. The van der Waals surface area contributed by atoms with E-state index < -0.39 is 0 Å². The van der Waals surface area contributed by atoms with Crippen LogP contribution in [0.5, 0.6) is 5.88 Å². The number of aromatic nitrogens is 1. The van der Waals surface area contributed by atoms with E-state index >= 15 is 0 Å². The Morgan fingerprint density at radius 1 is 1.30 bits per heavy atom. The molecule has 0 unspecified atom stereocenters. The quantitative estimate of drug-likeness (QED) is 0.841. The van der Waals surface area contributed by atoms with Gasteiger partial charge in [0.25, 0.3) is 5.91 Å². The highest BCUT2D eigenvalue weighted by molar-refractivity contribution is 6.07. The van der Waals surface area contributed by atoms with E-state index in [4.69, 9.17) is 10.5 Å². The van der Waals surface area contributed by atoms with E-state index in [1.807, 2.05) is 26.0 Å². The first-order valence-electron chi connectivity index (χ1n) is 6.20. The van der Waals surface area contributed by atoms with Crippen LogP contribution in [0.1, 0.15) is 21.5 Å². The van der Waals surface area contributed by atoms with Gasteiger partial charge in [-0.3, -0.25) is 4.79 Å². The summed E-state index contributed by atoms with van der Waals surface area (Å²) in [5.74, 6) is -0.0164. The molecule has 0 aliphatic carbocycles. The van der Waals surface area contributed by atoms with Gasteiger partial charge in [0.05, 0.1) is 18.5 Å². The predicted octanol–water partition coefficient (Wildman–Crippen LogP) is 2.54. The van der Waals surface area contributed by atoms with Crippen LogP contribution >= 0.6 is 0 Å². The van der Waals surface area contributed by atoms with E-state index in [0.29, 0.717) is 16.9 Å². The number of amides is 1. The fourth-order valence-corrected chi connectivity index (χ4v) is 1.86. The zero-order valence-electron chi connectivity index (χ0n) is 11.7. The van der Waals surface area contributed by atoms with E-state index in [1.54, 1.807) is 18.3 Å². The van der Waals surface area contributed by atoms with Gasteiger partial charge >= 0.3 is 0 Å². The average molecular weight is 271 g/mol. The van der Waals surface area contributed by atoms with Gasteiger partial charge in [0.1, 0.15) is 5.56 Å². The number of anilines is 2. The van der Waals surface area contributed by atoms with Crippen LogP contribution in [0, 0.1) is 13.8 Å². The largest absolute Gasteiger partial charge is 0.480 e. The smallest absolute Gasteiger partial charge is 0.261 e. The topological polar surface area (TPSA) is 77.2 Å². The molecule has 2 aromatic rings. The summed E-state index contributed by atoms with van der Waals surface area (Å²) in [6, 6.07) is 7.02. The normalized spacial score (nSPS) is 10.2. The zero-order chi connectivity index (χ0) is 14.7. The molecule has 1 heterocycles. The molecule has 0 saturated carbocycles. The van der Waals surface area contributed by atoms with E-state index in [0.717, 1.165) is 11.1 Å². The number of carbonyl (C=O) groups is 1. The molecule has 1 amide bonds. The monoisotopic (exact) mass is 271 g/mol. The highest BCUT2D eigenvalue weighted by Crippen LogP contribution is 2.24. The molecular weight excluding hydrogens is 254 g/mol. The van der Waals surface area contributed by atoms with Crippen molar-refractivity contribution in [3.63, 3.8) is 0 Å². The Hall–Kier alpha value is -2.56. The molecule has 1 aromatic carbocycles. The summed E-state index contributed by atoms with van der Waals surface area (Å²) in [6.07, 6.45) is 1.57. The third kappa shape index (κ3) is 2.71. The molecule has 104 valence electrons. The fraction of sp³-hybridized carbons (Fsp3) is 0.200. The first-order valence-corrected chi connectivity index (χ1v) is 6.20. The van der Waals surface area contributed by atoms with Crippen LogP contribution < -0.4 is 15.8 Å². The van der Waals surface area contributed by atoms with E-state index in [2.05, 4.69) is 10.3 Å². The number of nitrogen functional groups attached to an aromatic ring is 1. The minimum absolute atomic E-state index is 0.285. The highest BCUT2D eigenvalue weighted by Gasteiger charge is 2.14. The lowest BCUT2D eigenvalue weighted by Crippen LogP contribution is -2.15. The number of methoxy groups -OCH3 is 1. The Bertz CT molecular complexity index is 654. The van der Waals surface area contributed by atoms with Crippen molar-refractivity contribution in [3.05, 3.63) is 47.2 Å². The maximum absolute atomic E-state index is 12.3. The number of benzene rings is 1. The maximum atomic E-state index is 12.3. The van der Waals surface area contributed by atoms with Crippen molar-refractivity contribution in [2.24, 2.45) is 0 Å². The standard InChI is InChI=1S/C15H17N3O2/c1-9-7-12(16)13(8-10(9)2)18-14(19)11-5-4-6-17-15(11)20-3/h4-8H,16H2,1-3H3,(H,18,19). The molecule has 0 aliphatic heterocycles. The number of rotatable bonds is 3. The SMILES string of the molecule is COc1ncccc1C(=O)Nc1cc(C)c(C)cc1N. The summed E-state index contributed by atoms with van der Waals surface area (Å²) in [5, 5.41) is 2.79. The van der Waals surface area contributed by atoms with Gasteiger partial charge < -0.3 is 15.8 Å². The van der Waals surface area contributed by atoms with Crippen molar-refractivity contribution in [2.75, 3.05) is 18.2 Å². The zero-order valence-corrected chi connectivity index (χ0v) is 11.7. The van der Waals surface area contributed by atoms with E-state index in [1.165, 1.54) is 7.11 Å². The van der Waals surface area contributed by atoms with Crippen LogP contribution in [0.3, 0.4) is 0 Å². The van der Waals surface area contributed by atoms with Crippen LogP contribution in [-0.2, 0) is 0 Å². The molecule has 1 aromatic heterocycles. The number of hydrogen-bond donors (Lipinski definition) is 2. The van der Waals surface area contributed by atoms with Crippen LogP contribution in [0.2, 0.25) is 0 Å². The van der Waals surface area contributed by atoms with Gasteiger partial charge in [0.15, 0.2) is 0 Å². The van der Waals surface area contributed by atoms with Crippen molar-refractivity contribution in [2.45, 2.75) is 13.8 Å². The van der Waals surface area contributed by atoms with Crippen LogP contribution in [0.4, 0.5) is 11.4 Å². The second kappa shape index (κ2) is 5.61. The molecule has 5 nitrogen and oxygen atoms in total. The van der Waals surface area contributed by atoms with Gasteiger partial charge in [-0.2, -0.15) is 0 Å². The number of nitrogens with two attached hydrogens (primary N) is 1. The summed E-state index contributed by atoms with van der Waals surface area (Å²) < 4.78 is 5.07. The number of aryl methyl sites for hydroxylation is 2. The number of carbonyl (C=O) groups excluding carboxylic acids is 1. The number of ether oxygens (including phenoxy) is 1. The first-order chi connectivity index (χ1) is 9.52. The van der Waals surface area contributed by atoms with Crippen molar-refractivity contribution < 1.29 is 9.53 Å². The van der Waals surface area contributed by atoms with Crippen LogP contribution in [0.15, 0.2) is 30.5 Å². The first kappa shape index (κ1) is 13.9. The van der Waals surface area contributed by atoms with Crippen molar-refractivity contribution >= 4 is 17.3 Å². The Labute approximate surface area is 117 Å². The second-order valence-electron chi connectivity index (χ2n) is 4.54. The minimum Gasteiger partial charge on any atom is -0.480 e. The van der Waals surface area contributed by atoms with Crippen LogP contribution in [0.25, 0.3) is 0 Å². The van der Waals surface area contributed by atoms with Crippen molar-refractivity contribution in [1.82, 2.24) is 4.98 Å². The molecule has 0 spiro atoms.